The third-order valence-corrected chi connectivity index (χ3v) is 7.18. The number of fused-ring (bicyclic) bond motifs is 3. The zero-order valence-electron chi connectivity index (χ0n) is 17.3. The molecule has 6 unspecified atom stereocenters. The Kier molecular flexibility index (Phi) is 6.67. The van der Waals surface area contributed by atoms with E-state index in [4.69, 9.17) is 4.74 Å². The molecule has 0 aromatic rings. The van der Waals surface area contributed by atoms with Gasteiger partial charge in [0.05, 0.1) is 18.1 Å². The van der Waals surface area contributed by atoms with Crippen LogP contribution in [0.1, 0.15) is 65.2 Å². The Hall–Kier alpha value is -1.48. The molecule has 29 heavy (non-hydrogen) atoms. The summed E-state index contributed by atoms with van der Waals surface area (Å²) in [6.07, 6.45) is 9.42. The average molecular weight is 430 g/mol. The molecule has 4 fully saturated rings. The predicted molar refractivity (Wildman–Crippen MR) is 103 cm³/mol. The molecule has 1 heterocycles. The quantitative estimate of drug-likeness (QED) is 0.499. The fourth-order valence-corrected chi connectivity index (χ4v) is 5.96. The van der Waals surface area contributed by atoms with Crippen molar-refractivity contribution in [3.63, 3.8) is 0 Å². The van der Waals surface area contributed by atoms with Gasteiger partial charge in [-0.15, -0.1) is 9.35 Å². The molecule has 0 aromatic carbocycles. The topological polar surface area (TPSA) is 107 Å². The van der Waals surface area contributed by atoms with Gasteiger partial charge in [-0.2, -0.15) is 8.42 Å². The minimum Gasteiger partial charge on any atom is -0.462 e. The van der Waals surface area contributed by atoms with Crippen LogP contribution >= 0.6 is 0 Å². The summed E-state index contributed by atoms with van der Waals surface area (Å²) in [7, 11) is -3.86. The van der Waals surface area contributed by atoms with E-state index >= 15 is 0 Å². The Bertz CT molecular complexity index is 765. The Morgan fingerprint density at radius 1 is 1.10 bits per heavy atom. The smallest absolute Gasteiger partial charge is 0.302 e. The van der Waals surface area contributed by atoms with Crippen LogP contribution < -0.4 is 0 Å². The number of rotatable bonds is 4. The zero-order chi connectivity index (χ0) is 21.3. The molecule has 6 atom stereocenters. The Morgan fingerprint density at radius 2 is 1.83 bits per heavy atom. The van der Waals surface area contributed by atoms with Gasteiger partial charge in [0, 0.05) is 6.92 Å². The highest BCUT2D eigenvalue weighted by atomic mass is 32.2. The minimum atomic E-state index is -3.86. The standard InChI is InChI=1S/C11H17NO5S.C9H14O2/c1-3-7-5-4-6-8-9(7)11(14)12(10(8)13)17-18(2,15)16;1-6(10)11-9-5-7-2-3-8(9)4-7/h7-9H,3-6H2,1-2H3;7-9H,2-5H2,1H3. The van der Waals surface area contributed by atoms with Crippen LogP contribution in [-0.4, -0.2) is 43.6 Å². The molecule has 1 aliphatic heterocycles. The number of hydrogen-bond acceptors (Lipinski definition) is 7. The van der Waals surface area contributed by atoms with E-state index in [1.54, 1.807) is 0 Å². The van der Waals surface area contributed by atoms with Crippen LogP contribution in [0, 0.1) is 29.6 Å². The van der Waals surface area contributed by atoms with Crippen molar-refractivity contribution in [1.82, 2.24) is 5.06 Å². The van der Waals surface area contributed by atoms with E-state index in [2.05, 4.69) is 4.28 Å². The normalized spacial score (nSPS) is 35.9. The third kappa shape index (κ3) is 4.99. The highest BCUT2D eigenvalue weighted by Gasteiger charge is 2.53. The van der Waals surface area contributed by atoms with Gasteiger partial charge >= 0.3 is 5.97 Å². The number of imide groups is 1. The van der Waals surface area contributed by atoms with E-state index in [1.165, 1.54) is 26.2 Å². The first kappa shape index (κ1) is 22.2. The van der Waals surface area contributed by atoms with E-state index in [9.17, 15) is 22.8 Å². The van der Waals surface area contributed by atoms with Crippen LogP contribution in [0.2, 0.25) is 0 Å². The number of esters is 1. The largest absolute Gasteiger partial charge is 0.462 e. The van der Waals surface area contributed by atoms with Crippen LogP contribution in [0.25, 0.3) is 0 Å². The fourth-order valence-electron chi connectivity index (χ4n) is 5.54. The van der Waals surface area contributed by atoms with E-state index < -0.39 is 33.8 Å². The van der Waals surface area contributed by atoms with Gasteiger partial charge in [-0.05, 0) is 56.3 Å². The lowest BCUT2D eigenvalue weighted by Gasteiger charge is -2.29. The van der Waals surface area contributed by atoms with Crippen molar-refractivity contribution in [1.29, 1.82) is 0 Å². The number of nitrogens with zero attached hydrogens (tertiary/aromatic N) is 1. The third-order valence-electron chi connectivity index (χ3n) is 6.76. The van der Waals surface area contributed by atoms with Crippen molar-refractivity contribution in [2.24, 2.45) is 29.6 Å². The van der Waals surface area contributed by atoms with Gasteiger partial charge in [-0.3, -0.25) is 14.4 Å². The maximum absolute atomic E-state index is 12.1. The van der Waals surface area contributed by atoms with Gasteiger partial charge in [0.2, 0.25) is 0 Å². The molecule has 4 aliphatic rings. The maximum atomic E-state index is 12.1. The van der Waals surface area contributed by atoms with Gasteiger partial charge in [0.1, 0.15) is 6.10 Å². The van der Waals surface area contributed by atoms with Gasteiger partial charge < -0.3 is 4.74 Å². The summed E-state index contributed by atoms with van der Waals surface area (Å²) in [6.45, 7) is 3.48. The van der Waals surface area contributed by atoms with Crippen LogP contribution in [0.3, 0.4) is 0 Å². The van der Waals surface area contributed by atoms with Gasteiger partial charge in [-0.25, -0.2) is 0 Å². The van der Waals surface area contributed by atoms with Gasteiger partial charge in [-0.1, -0.05) is 19.8 Å². The van der Waals surface area contributed by atoms with Crippen molar-refractivity contribution < 1.29 is 31.8 Å². The first-order valence-corrected chi connectivity index (χ1v) is 12.4. The molecular weight excluding hydrogens is 398 g/mol. The summed E-state index contributed by atoms with van der Waals surface area (Å²) < 4.78 is 31.9. The number of hydroxylamine groups is 2. The Balaban J connectivity index is 0.000000186. The lowest BCUT2D eigenvalue weighted by atomic mass is 9.72. The Morgan fingerprint density at radius 3 is 2.34 bits per heavy atom. The first-order valence-electron chi connectivity index (χ1n) is 10.5. The summed E-state index contributed by atoms with van der Waals surface area (Å²) >= 11 is 0. The molecule has 2 bridgehead atoms. The summed E-state index contributed by atoms with van der Waals surface area (Å²) in [5.74, 6) is -0.212. The van der Waals surface area contributed by atoms with Crippen molar-refractivity contribution in [3.05, 3.63) is 0 Å². The number of hydrogen-bond donors (Lipinski definition) is 0. The molecule has 8 nitrogen and oxygen atoms in total. The monoisotopic (exact) mass is 429 g/mol. The molecule has 0 aromatic heterocycles. The molecule has 4 rings (SSSR count). The minimum absolute atomic E-state index is 0.109. The van der Waals surface area contributed by atoms with Gasteiger partial charge in [0.25, 0.3) is 21.9 Å². The fraction of sp³-hybridized carbons (Fsp3) is 0.850. The second kappa shape index (κ2) is 8.71. The van der Waals surface area contributed by atoms with Crippen molar-refractivity contribution in [2.45, 2.75) is 71.3 Å². The molecule has 3 aliphatic carbocycles. The summed E-state index contributed by atoms with van der Waals surface area (Å²) in [5.41, 5.74) is 0. The molecule has 9 heteroatoms. The van der Waals surface area contributed by atoms with Crippen LogP contribution in [-0.2, 0) is 33.5 Å². The molecule has 0 spiro atoms. The zero-order valence-corrected chi connectivity index (χ0v) is 18.2. The lowest BCUT2D eigenvalue weighted by molar-refractivity contribution is -0.165. The molecule has 2 amide bonds. The highest BCUT2D eigenvalue weighted by Crippen LogP contribution is 2.46. The average Bonchev–Trinajstić information content (AvgIpc) is 3.31. The van der Waals surface area contributed by atoms with Crippen molar-refractivity contribution in [2.75, 3.05) is 6.26 Å². The number of ether oxygens (including phenoxy) is 1. The molecule has 3 saturated carbocycles. The Labute approximate surface area is 172 Å². The van der Waals surface area contributed by atoms with E-state index in [1.807, 2.05) is 6.92 Å². The van der Waals surface area contributed by atoms with Crippen LogP contribution in [0.5, 0.6) is 0 Å². The lowest BCUT2D eigenvalue weighted by Crippen LogP contribution is -2.34. The molecule has 164 valence electrons. The van der Waals surface area contributed by atoms with Crippen molar-refractivity contribution in [3.8, 4) is 0 Å². The number of carbonyl (C=O) groups excluding carboxylic acids is 3. The van der Waals surface area contributed by atoms with Crippen LogP contribution in [0.4, 0.5) is 0 Å². The number of amides is 2. The van der Waals surface area contributed by atoms with Crippen LogP contribution in [0.15, 0.2) is 0 Å². The van der Waals surface area contributed by atoms with Crippen molar-refractivity contribution >= 4 is 27.9 Å². The molecule has 0 N–H and O–H groups in total. The predicted octanol–water partition coefficient (Wildman–Crippen LogP) is 2.43. The van der Waals surface area contributed by atoms with E-state index in [-0.39, 0.29) is 18.0 Å². The summed E-state index contributed by atoms with van der Waals surface area (Å²) in [5, 5.41) is 0.457. The SMILES string of the molecule is CC(=O)OC1CC2CCC1C2.CCC1CCCC2C(=O)N(OS(C)(=O)=O)C(=O)C12. The first-order chi connectivity index (χ1) is 13.6. The highest BCUT2D eigenvalue weighted by molar-refractivity contribution is 7.85. The molecular formula is C20H31NO7S. The summed E-state index contributed by atoms with van der Waals surface area (Å²) in [4.78, 5) is 34.8. The number of carbonyl (C=O) groups is 3. The summed E-state index contributed by atoms with van der Waals surface area (Å²) in [6, 6.07) is 0. The molecule has 1 saturated heterocycles. The second-order valence-electron chi connectivity index (χ2n) is 8.80. The second-order valence-corrected chi connectivity index (χ2v) is 10.4. The maximum Gasteiger partial charge on any atom is 0.302 e. The van der Waals surface area contributed by atoms with Gasteiger partial charge in [0.15, 0.2) is 0 Å². The van der Waals surface area contributed by atoms with E-state index in [0.717, 1.165) is 37.9 Å². The van der Waals surface area contributed by atoms with E-state index in [0.29, 0.717) is 17.4 Å². The molecule has 0 radical (unpaired) electrons.